The zero-order valence-electron chi connectivity index (χ0n) is 48.5. The minimum atomic E-state index is -4.57. The van der Waals surface area contributed by atoms with Crippen LogP contribution in [-0.4, -0.2) is 68.5 Å². The number of phosphoric acid groups is 1. The molecule has 0 aromatic rings. The summed E-state index contributed by atoms with van der Waals surface area (Å²) in [6, 6.07) is -0.805. The molecule has 3 unspecified atom stereocenters. The molecule has 0 aromatic carbocycles. The Kier molecular flexibility index (Phi) is 52.8. The van der Waals surface area contributed by atoms with Crippen molar-refractivity contribution in [1.29, 1.82) is 0 Å². The van der Waals surface area contributed by atoms with Crippen molar-refractivity contribution >= 4 is 13.7 Å². The van der Waals surface area contributed by atoms with Crippen LogP contribution in [0, 0.1) is 0 Å². The van der Waals surface area contributed by atoms with Gasteiger partial charge in [0.25, 0.3) is 7.82 Å². The molecular weight excluding hydrogens is 936 g/mol. The van der Waals surface area contributed by atoms with Gasteiger partial charge in [-0.3, -0.25) is 9.36 Å². The maximum Gasteiger partial charge on any atom is 0.268 e. The first-order chi connectivity index (χ1) is 36.0. The molecule has 0 saturated heterocycles. The predicted octanol–water partition coefficient (Wildman–Crippen LogP) is 18.1. The third kappa shape index (κ3) is 56.9. The van der Waals surface area contributed by atoms with Gasteiger partial charge < -0.3 is 28.8 Å². The predicted molar refractivity (Wildman–Crippen MR) is 320 cm³/mol. The second-order valence-corrected chi connectivity index (χ2v) is 22.7. The summed E-state index contributed by atoms with van der Waals surface area (Å²) in [5.74, 6) is -0.170. The molecule has 9 heteroatoms. The topological polar surface area (TPSA) is 108 Å². The number of hydrogen-bond donors (Lipinski definition) is 2. The zero-order chi connectivity index (χ0) is 54.2. The molecule has 0 rings (SSSR count). The van der Waals surface area contributed by atoms with Crippen LogP contribution in [0.3, 0.4) is 0 Å². The number of aliphatic hydroxyl groups excluding tert-OH is 1. The molecule has 0 heterocycles. The Bertz CT molecular complexity index is 1570. The van der Waals surface area contributed by atoms with Crippen LogP contribution in [0.25, 0.3) is 0 Å². The van der Waals surface area contributed by atoms with Crippen molar-refractivity contribution < 1.29 is 32.9 Å². The summed E-state index contributed by atoms with van der Waals surface area (Å²) >= 11 is 0. The molecule has 0 spiro atoms. The van der Waals surface area contributed by atoms with Crippen LogP contribution in [-0.2, 0) is 18.4 Å². The molecule has 426 valence electrons. The summed E-state index contributed by atoms with van der Waals surface area (Å²) in [5.41, 5.74) is 0. The molecule has 8 nitrogen and oxygen atoms in total. The molecule has 0 aromatic heterocycles. The number of quaternary nitrogens is 1. The van der Waals surface area contributed by atoms with E-state index in [1.807, 2.05) is 21.1 Å². The van der Waals surface area contributed by atoms with Crippen LogP contribution in [0.15, 0.2) is 109 Å². The molecule has 2 N–H and O–H groups in total. The van der Waals surface area contributed by atoms with Gasteiger partial charge in [0.2, 0.25) is 5.91 Å². The third-order valence-electron chi connectivity index (χ3n) is 13.0. The van der Waals surface area contributed by atoms with Gasteiger partial charge in [-0.2, -0.15) is 0 Å². The van der Waals surface area contributed by atoms with Crippen molar-refractivity contribution in [2.75, 3.05) is 40.9 Å². The number of nitrogens with zero attached hydrogens (tertiary/aromatic N) is 1. The van der Waals surface area contributed by atoms with Crippen molar-refractivity contribution in [3.05, 3.63) is 109 Å². The van der Waals surface area contributed by atoms with Crippen molar-refractivity contribution in [2.24, 2.45) is 0 Å². The van der Waals surface area contributed by atoms with E-state index >= 15 is 0 Å². The number of phosphoric ester groups is 1. The lowest BCUT2D eigenvalue weighted by atomic mass is 10.0. The van der Waals surface area contributed by atoms with Gasteiger partial charge in [-0.15, -0.1) is 0 Å². The average molecular weight is 1050 g/mol. The number of rotatable bonds is 54. The van der Waals surface area contributed by atoms with E-state index in [2.05, 4.69) is 129 Å². The van der Waals surface area contributed by atoms with E-state index in [1.54, 1.807) is 0 Å². The molecule has 0 fully saturated rings. The van der Waals surface area contributed by atoms with E-state index in [0.29, 0.717) is 23.9 Å². The Morgan fingerprint density at radius 2 is 0.824 bits per heavy atom. The van der Waals surface area contributed by atoms with Crippen molar-refractivity contribution in [3.63, 3.8) is 0 Å². The Morgan fingerprint density at radius 1 is 0.486 bits per heavy atom. The highest BCUT2D eigenvalue weighted by Gasteiger charge is 2.24. The van der Waals surface area contributed by atoms with E-state index in [1.165, 1.54) is 122 Å². The van der Waals surface area contributed by atoms with Gasteiger partial charge in [0.1, 0.15) is 13.2 Å². The van der Waals surface area contributed by atoms with Gasteiger partial charge in [0.05, 0.1) is 39.9 Å². The molecular formula is C65H115N2O6P. The van der Waals surface area contributed by atoms with E-state index in [-0.39, 0.29) is 19.1 Å². The lowest BCUT2D eigenvalue weighted by Crippen LogP contribution is -2.46. The summed E-state index contributed by atoms with van der Waals surface area (Å²) in [4.78, 5) is 25.5. The molecule has 0 radical (unpaired) electrons. The summed E-state index contributed by atoms with van der Waals surface area (Å²) in [6.07, 6.45) is 80.0. The highest BCUT2D eigenvalue weighted by Crippen LogP contribution is 2.38. The van der Waals surface area contributed by atoms with Gasteiger partial charge >= 0.3 is 0 Å². The van der Waals surface area contributed by atoms with Crippen molar-refractivity contribution in [2.45, 2.75) is 257 Å². The fraction of sp³-hybridized carbons (Fsp3) is 0.708. The third-order valence-corrected chi connectivity index (χ3v) is 14.0. The second kappa shape index (κ2) is 54.9. The first kappa shape index (κ1) is 71.2. The maximum absolute atomic E-state index is 13.0. The molecule has 0 aliphatic carbocycles. The first-order valence-electron chi connectivity index (χ1n) is 30.2. The summed E-state index contributed by atoms with van der Waals surface area (Å²) in [7, 11) is 1.30. The van der Waals surface area contributed by atoms with E-state index in [4.69, 9.17) is 9.05 Å². The van der Waals surface area contributed by atoms with E-state index < -0.39 is 20.0 Å². The second-order valence-electron chi connectivity index (χ2n) is 21.3. The van der Waals surface area contributed by atoms with Gasteiger partial charge in [0, 0.05) is 6.42 Å². The van der Waals surface area contributed by atoms with Gasteiger partial charge in [-0.25, -0.2) is 0 Å². The van der Waals surface area contributed by atoms with Crippen LogP contribution in [0.1, 0.15) is 245 Å². The SMILES string of the molecule is CC/C=C\C/C=C\C/C=C\C/C=C\C/C=C\C/C=C\C/C=C\C/C=C\C/C=C\CCCCCCCCCCCCCCCC(=O)NC(COP(=O)([O-])OCC[N+](C)(C)C)C(O)CCCCCCCCCCCCC. The highest BCUT2D eigenvalue weighted by molar-refractivity contribution is 7.45. The lowest BCUT2D eigenvalue weighted by molar-refractivity contribution is -0.870. The fourth-order valence-electron chi connectivity index (χ4n) is 8.33. The minimum absolute atomic E-state index is 0.00846. The van der Waals surface area contributed by atoms with Crippen molar-refractivity contribution in [1.82, 2.24) is 5.32 Å². The number of allylic oxidation sites excluding steroid dienone is 18. The Morgan fingerprint density at radius 3 is 1.20 bits per heavy atom. The van der Waals surface area contributed by atoms with Crippen LogP contribution in [0.2, 0.25) is 0 Å². The smallest absolute Gasteiger partial charge is 0.268 e. The van der Waals surface area contributed by atoms with E-state index in [9.17, 15) is 19.4 Å². The number of amides is 1. The Labute approximate surface area is 457 Å². The molecule has 74 heavy (non-hydrogen) atoms. The summed E-state index contributed by atoms with van der Waals surface area (Å²) < 4.78 is 23.3. The highest BCUT2D eigenvalue weighted by atomic mass is 31.2. The van der Waals surface area contributed by atoms with Gasteiger partial charge in [0.15, 0.2) is 0 Å². The number of unbranched alkanes of at least 4 members (excludes halogenated alkanes) is 23. The minimum Gasteiger partial charge on any atom is -0.756 e. The number of hydrogen-bond acceptors (Lipinski definition) is 6. The molecule has 1 amide bonds. The van der Waals surface area contributed by atoms with Crippen LogP contribution >= 0.6 is 7.82 Å². The average Bonchev–Trinajstić information content (AvgIpc) is 3.36. The monoisotopic (exact) mass is 1050 g/mol. The number of aliphatic hydroxyl groups is 1. The maximum atomic E-state index is 13.0. The van der Waals surface area contributed by atoms with Crippen molar-refractivity contribution in [3.8, 4) is 0 Å². The number of carbonyl (C=O) groups is 1. The van der Waals surface area contributed by atoms with E-state index in [0.717, 1.165) is 96.3 Å². The quantitative estimate of drug-likeness (QED) is 0.0272. The summed E-state index contributed by atoms with van der Waals surface area (Å²) in [6.45, 7) is 4.59. The Hall–Kier alpha value is -2.84. The fourth-order valence-corrected chi connectivity index (χ4v) is 9.05. The Balaban J connectivity index is 3.97. The lowest BCUT2D eigenvalue weighted by Gasteiger charge is -2.30. The normalized spacial score (nSPS) is 14.6. The number of likely N-dealkylation sites (N-methyl/N-ethyl adjacent to an activating group) is 1. The van der Waals surface area contributed by atoms with Gasteiger partial charge in [-0.05, 0) is 83.5 Å². The van der Waals surface area contributed by atoms with Crippen LogP contribution in [0.5, 0.6) is 0 Å². The summed E-state index contributed by atoms with van der Waals surface area (Å²) in [5, 5.41) is 13.9. The van der Waals surface area contributed by atoms with Gasteiger partial charge in [-0.1, -0.05) is 264 Å². The zero-order valence-corrected chi connectivity index (χ0v) is 49.4. The first-order valence-corrected chi connectivity index (χ1v) is 31.7. The molecule has 0 bridgehead atoms. The van der Waals surface area contributed by atoms with Crippen LogP contribution < -0.4 is 10.2 Å². The van der Waals surface area contributed by atoms with Crippen LogP contribution in [0.4, 0.5) is 0 Å². The number of carbonyl (C=O) groups excluding carboxylic acids is 1. The molecule has 3 atom stereocenters. The standard InChI is InChI=1S/C65H115N2O6P/c1-6-8-10-12-14-16-18-19-20-21-22-23-24-25-26-27-28-29-30-31-32-33-34-35-36-37-38-39-40-41-42-43-44-45-46-47-49-51-53-55-57-59-65(69)66-63(62-73-74(70,71)72-61-60-67(3,4)5)64(68)58-56-54-52-50-48-17-15-13-11-9-7-2/h8,10,14,16,19-20,22-23,25-26,28-29,31-32,34-35,37-38,63-64,68H,6-7,9,11-13,15,17-18,21,24,27,30,33,36,39-62H2,1-5H3,(H-,66,69,70,71)/b10-8-,16-14-,20-19-,23-22-,26-25-,29-28-,32-31-,35-34-,38-37-. The molecule has 0 aliphatic rings. The molecule has 0 saturated carbocycles. The largest absolute Gasteiger partial charge is 0.756 e. The molecule has 0 aliphatic heterocycles. The number of nitrogens with one attached hydrogen (secondary N) is 1.